The van der Waals surface area contributed by atoms with Gasteiger partial charge in [0, 0.05) is 42.7 Å². The highest BCUT2D eigenvalue weighted by Crippen LogP contribution is 2.22. The molecule has 0 unspecified atom stereocenters. The van der Waals surface area contributed by atoms with Crippen LogP contribution < -0.4 is 10.6 Å². The Bertz CT molecular complexity index is 634. The number of aryl methyl sites for hydroxylation is 2. The summed E-state index contributed by atoms with van der Waals surface area (Å²) in [5.74, 6) is 1.35. The van der Waals surface area contributed by atoms with Crippen LogP contribution in [0, 0.1) is 13.8 Å². The standard InChI is InChI=1S/C16H21ClN4O/c1-11-5-6-13(10-14(11)17)20-16-19-12(2)9-15(21-16)18-7-4-8-22-3/h5-6,9-10H,4,7-8H2,1-3H3,(H2,18,19,20,21). The monoisotopic (exact) mass is 320 g/mol. The molecule has 6 heteroatoms. The van der Waals surface area contributed by atoms with E-state index in [1.807, 2.05) is 38.1 Å². The van der Waals surface area contributed by atoms with Gasteiger partial charge in [0.15, 0.2) is 0 Å². The van der Waals surface area contributed by atoms with Gasteiger partial charge < -0.3 is 15.4 Å². The lowest BCUT2D eigenvalue weighted by molar-refractivity contribution is 0.198. The quantitative estimate of drug-likeness (QED) is 0.757. The Hall–Kier alpha value is -1.85. The molecule has 0 spiro atoms. The molecule has 0 aliphatic rings. The molecule has 2 N–H and O–H groups in total. The largest absolute Gasteiger partial charge is 0.385 e. The summed E-state index contributed by atoms with van der Waals surface area (Å²) in [5, 5.41) is 7.17. The van der Waals surface area contributed by atoms with E-state index in [4.69, 9.17) is 16.3 Å². The first-order chi connectivity index (χ1) is 10.6. The molecule has 2 aromatic rings. The van der Waals surface area contributed by atoms with Crippen LogP contribution >= 0.6 is 11.6 Å². The molecule has 0 saturated heterocycles. The SMILES string of the molecule is COCCCNc1cc(C)nc(Nc2ccc(C)c(Cl)c2)n1. The van der Waals surface area contributed by atoms with Crippen molar-refractivity contribution < 1.29 is 4.74 Å². The molecule has 5 nitrogen and oxygen atoms in total. The number of nitrogens with one attached hydrogen (secondary N) is 2. The molecule has 1 heterocycles. The van der Waals surface area contributed by atoms with Crippen molar-refractivity contribution in [1.29, 1.82) is 0 Å². The lowest BCUT2D eigenvalue weighted by Crippen LogP contribution is -2.08. The zero-order valence-corrected chi connectivity index (χ0v) is 13.9. The number of benzene rings is 1. The second-order valence-electron chi connectivity index (χ2n) is 5.08. The predicted octanol–water partition coefficient (Wildman–Crippen LogP) is 3.94. The van der Waals surface area contributed by atoms with E-state index in [-0.39, 0.29) is 0 Å². The van der Waals surface area contributed by atoms with Crippen molar-refractivity contribution in [1.82, 2.24) is 9.97 Å². The molecule has 0 amide bonds. The van der Waals surface area contributed by atoms with Crippen LogP contribution in [0.1, 0.15) is 17.7 Å². The van der Waals surface area contributed by atoms with Crippen molar-refractivity contribution in [2.24, 2.45) is 0 Å². The fraction of sp³-hybridized carbons (Fsp3) is 0.375. The summed E-state index contributed by atoms with van der Waals surface area (Å²) in [4.78, 5) is 8.86. The van der Waals surface area contributed by atoms with Crippen molar-refractivity contribution in [3.8, 4) is 0 Å². The highest BCUT2D eigenvalue weighted by molar-refractivity contribution is 6.31. The van der Waals surface area contributed by atoms with Crippen LogP contribution in [-0.4, -0.2) is 30.2 Å². The summed E-state index contributed by atoms with van der Waals surface area (Å²) in [6.07, 6.45) is 0.926. The van der Waals surface area contributed by atoms with E-state index in [1.54, 1.807) is 7.11 Å². The molecule has 0 aliphatic carbocycles. The Morgan fingerprint density at radius 1 is 1.18 bits per heavy atom. The number of halogens is 1. The molecule has 0 fully saturated rings. The van der Waals surface area contributed by atoms with Crippen LogP contribution in [0.15, 0.2) is 24.3 Å². The summed E-state index contributed by atoms with van der Waals surface area (Å²) in [5.41, 5.74) is 2.80. The van der Waals surface area contributed by atoms with Gasteiger partial charge in [-0.3, -0.25) is 0 Å². The van der Waals surface area contributed by atoms with Crippen molar-refractivity contribution in [2.45, 2.75) is 20.3 Å². The van der Waals surface area contributed by atoms with Gasteiger partial charge >= 0.3 is 0 Å². The third kappa shape index (κ3) is 4.86. The first-order valence-corrected chi connectivity index (χ1v) is 7.58. The van der Waals surface area contributed by atoms with Gasteiger partial charge in [0.2, 0.25) is 5.95 Å². The van der Waals surface area contributed by atoms with Crippen molar-refractivity contribution in [3.05, 3.63) is 40.5 Å². The van der Waals surface area contributed by atoms with Gasteiger partial charge in [-0.25, -0.2) is 4.98 Å². The fourth-order valence-electron chi connectivity index (χ4n) is 1.95. The maximum Gasteiger partial charge on any atom is 0.229 e. The minimum absolute atomic E-state index is 0.550. The second-order valence-corrected chi connectivity index (χ2v) is 5.49. The summed E-state index contributed by atoms with van der Waals surface area (Å²) in [7, 11) is 1.70. The Kier molecular flexibility index (Phi) is 5.98. The Morgan fingerprint density at radius 2 is 2.00 bits per heavy atom. The first-order valence-electron chi connectivity index (χ1n) is 7.20. The van der Waals surface area contributed by atoms with Crippen molar-refractivity contribution in [3.63, 3.8) is 0 Å². The second kappa shape index (κ2) is 7.96. The zero-order chi connectivity index (χ0) is 15.9. The summed E-state index contributed by atoms with van der Waals surface area (Å²) >= 11 is 6.14. The lowest BCUT2D eigenvalue weighted by atomic mass is 10.2. The number of hydrogen-bond donors (Lipinski definition) is 2. The average molecular weight is 321 g/mol. The van der Waals surface area contributed by atoms with Crippen LogP contribution in [0.25, 0.3) is 0 Å². The van der Waals surface area contributed by atoms with Gasteiger partial charge in [-0.15, -0.1) is 0 Å². The minimum atomic E-state index is 0.550. The number of nitrogens with zero attached hydrogens (tertiary/aromatic N) is 2. The number of ether oxygens (including phenoxy) is 1. The summed E-state index contributed by atoms with van der Waals surface area (Å²) in [6.45, 7) is 5.44. The lowest BCUT2D eigenvalue weighted by Gasteiger charge is -2.10. The van der Waals surface area contributed by atoms with Gasteiger partial charge in [0.05, 0.1) is 0 Å². The molecule has 0 atom stereocenters. The molecule has 1 aromatic heterocycles. The van der Waals surface area contributed by atoms with E-state index in [0.717, 1.165) is 47.4 Å². The number of methoxy groups -OCH3 is 1. The molecular weight excluding hydrogens is 300 g/mol. The maximum atomic E-state index is 6.14. The smallest absolute Gasteiger partial charge is 0.229 e. The van der Waals surface area contributed by atoms with Crippen LogP contribution in [0.4, 0.5) is 17.5 Å². The molecule has 0 saturated carbocycles. The fourth-order valence-corrected chi connectivity index (χ4v) is 2.13. The number of aromatic nitrogens is 2. The van der Waals surface area contributed by atoms with Gasteiger partial charge in [0.1, 0.15) is 5.82 Å². The van der Waals surface area contributed by atoms with Crippen LogP contribution in [-0.2, 0) is 4.74 Å². The number of hydrogen-bond acceptors (Lipinski definition) is 5. The minimum Gasteiger partial charge on any atom is -0.385 e. The van der Waals surface area contributed by atoms with Crippen LogP contribution in [0.3, 0.4) is 0 Å². The van der Waals surface area contributed by atoms with E-state index in [9.17, 15) is 0 Å². The van der Waals surface area contributed by atoms with E-state index in [0.29, 0.717) is 5.95 Å². The molecular formula is C16H21ClN4O. The first kappa shape index (κ1) is 16.5. The van der Waals surface area contributed by atoms with Gasteiger partial charge in [-0.2, -0.15) is 4.98 Å². The molecule has 0 aliphatic heterocycles. The highest BCUT2D eigenvalue weighted by Gasteiger charge is 2.04. The Balaban J connectivity index is 2.06. The van der Waals surface area contributed by atoms with E-state index < -0.39 is 0 Å². The van der Waals surface area contributed by atoms with Gasteiger partial charge in [-0.1, -0.05) is 17.7 Å². The van der Waals surface area contributed by atoms with Gasteiger partial charge in [0.25, 0.3) is 0 Å². The number of anilines is 3. The topological polar surface area (TPSA) is 59.1 Å². The van der Waals surface area contributed by atoms with E-state index in [1.165, 1.54) is 0 Å². The third-order valence-electron chi connectivity index (χ3n) is 3.11. The van der Waals surface area contributed by atoms with Crippen molar-refractivity contribution >= 4 is 29.1 Å². The third-order valence-corrected chi connectivity index (χ3v) is 3.52. The molecule has 2 rings (SSSR count). The van der Waals surface area contributed by atoms with Crippen LogP contribution in [0.2, 0.25) is 5.02 Å². The molecule has 22 heavy (non-hydrogen) atoms. The zero-order valence-electron chi connectivity index (χ0n) is 13.1. The molecule has 118 valence electrons. The van der Waals surface area contributed by atoms with Gasteiger partial charge in [-0.05, 0) is 38.0 Å². The highest BCUT2D eigenvalue weighted by atomic mass is 35.5. The van der Waals surface area contributed by atoms with E-state index in [2.05, 4.69) is 20.6 Å². The van der Waals surface area contributed by atoms with Crippen LogP contribution in [0.5, 0.6) is 0 Å². The average Bonchev–Trinajstić information content (AvgIpc) is 2.47. The summed E-state index contributed by atoms with van der Waals surface area (Å²) < 4.78 is 5.03. The number of rotatable bonds is 7. The normalized spacial score (nSPS) is 10.5. The Labute approximate surface area is 136 Å². The molecule has 0 bridgehead atoms. The molecule has 1 aromatic carbocycles. The van der Waals surface area contributed by atoms with E-state index >= 15 is 0 Å². The van der Waals surface area contributed by atoms with Crippen molar-refractivity contribution in [2.75, 3.05) is 30.9 Å². The predicted molar refractivity (Wildman–Crippen MR) is 91.2 cm³/mol. The Morgan fingerprint density at radius 3 is 2.73 bits per heavy atom. The maximum absolute atomic E-state index is 6.14. The molecule has 0 radical (unpaired) electrons. The summed E-state index contributed by atoms with van der Waals surface area (Å²) in [6, 6.07) is 7.71.